The van der Waals surface area contributed by atoms with E-state index in [0.29, 0.717) is 42.4 Å². The predicted molar refractivity (Wildman–Crippen MR) is 93.1 cm³/mol. The van der Waals surface area contributed by atoms with Gasteiger partial charge < -0.3 is 28.7 Å². The van der Waals surface area contributed by atoms with Crippen molar-refractivity contribution in [2.75, 3.05) is 48.0 Å². The molecule has 26 heavy (non-hydrogen) atoms. The normalized spacial score (nSPS) is 22.4. The van der Waals surface area contributed by atoms with E-state index >= 15 is 0 Å². The van der Waals surface area contributed by atoms with Gasteiger partial charge in [0, 0.05) is 25.7 Å². The molecule has 0 radical (unpaired) electrons. The number of carbonyl (C=O) groups excluding carboxylic acids is 2. The van der Waals surface area contributed by atoms with Crippen LogP contribution in [0.3, 0.4) is 0 Å². The summed E-state index contributed by atoms with van der Waals surface area (Å²) in [6.45, 7) is 1.44. The molecular formula is C18H24N2O6. The highest BCUT2D eigenvalue weighted by molar-refractivity contribution is 5.98. The Bertz CT molecular complexity index is 722. The van der Waals surface area contributed by atoms with Gasteiger partial charge in [-0.1, -0.05) is 0 Å². The van der Waals surface area contributed by atoms with Crippen molar-refractivity contribution >= 4 is 12.0 Å². The van der Waals surface area contributed by atoms with Crippen molar-refractivity contribution in [3.8, 4) is 17.2 Å². The molecule has 0 unspecified atom stereocenters. The Hall–Kier alpha value is -2.64. The van der Waals surface area contributed by atoms with Crippen molar-refractivity contribution in [3.63, 3.8) is 0 Å². The number of hydrogen-bond acceptors (Lipinski definition) is 6. The summed E-state index contributed by atoms with van der Waals surface area (Å²) in [4.78, 5) is 28.2. The molecule has 1 aromatic carbocycles. The SMILES string of the molecule is COc1cc(OC)c(C(=O)N2CCC[C@]3(CN(C)C(=O)O3)C2)cc1OC. The number of likely N-dealkylation sites (tertiary alicyclic amines) is 1. The number of hydrogen-bond donors (Lipinski definition) is 0. The Kier molecular flexibility index (Phi) is 4.84. The van der Waals surface area contributed by atoms with Gasteiger partial charge in [-0.2, -0.15) is 0 Å². The minimum Gasteiger partial charge on any atom is -0.496 e. The Morgan fingerprint density at radius 1 is 1.08 bits per heavy atom. The second-order valence-electron chi connectivity index (χ2n) is 6.64. The average Bonchev–Trinajstić information content (AvgIpc) is 2.92. The fourth-order valence-electron chi connectivity index (χ4n) is 3.64. The molecule has 2 aliphatic heterocycles. The molecule has 8 heteroatoms. The Balaban J connectivity index is 1.88. The van der Waals surface area contributed by atoms with Gasteiger partial charge >= 0.3 is 6.09 Å². The summed E-state index contributed by atoms with van der Waals surface area (Å²) < 4.78 is 21.5. The molecule has 0 aromatic heterocycles. The monoisotopic (exact) mass is 364 g/mol. The van der Waals surface area contributed by atoms with Crippen molar-refractivity contribution in [1.29, 1.82) is 0 Å². The summed E-state index contributed by atoms with van der Waals surface area (Å²) in [6, 6.07) is 3.25. The summed E-state index contributed by atoms with van der Waals surface area (Å²) in [7, 11) is 6.25. The van der Waals surface area contributed by atoms with Gasteiger partial charge in [0.15, 0.2) is 11.5 Å². The van der Waals surface area contributed by atoms with Crippen LogP contribution in [0.2, 0.25) is 0 Å². The van der Waals surface area contributed by atoms with Gasteiger partial charge in [0.25, 0.3) is 5.91 Å². The van der Waals surface area contributed by atoms with Crippen LogP contribution in [-0.4, -0.2) is 75.4 Å². The highest BCUT2D eigenvalue weighted by Crippen LogP contribution is 2.37. The number of rotatable bonds is 4. The first kappa shape index (κ1) is 18.2. The van der Waals surface area contributed by atoms with Gasteiger partial charge in [-0.05, 0) is 12.8 Å². The van der Waals surface area contributed by atoms with E-state index in [-0.39, 0.29) is 12.0 Å². The third-order valence-corrected chi connectivity index (χ3v) is 4.90. The minimum absolute atomic E-state index is 0.188. The minimum atomic E-state index is -0.635. The van der Waals surface area contributed by atoms with Gasteiger partial charge in [-0.15, -0.1) is 0 Å². The van der Waals surface area contributed by atoms with E-state index in [2.05, 4.69) is 0 Å². The van der Waals surface area contributed by atoms with Crippen LogP contribution in [0, 0.1) is 0 Å². The molecule has 1 aromatic rings. The van der Waals surface area contributed by atoms with E-state index in [1.54, 1.807) is 29.0 Å². The molecule has 8 nitrogen and oxygen atoms in total. The van der Waals surface area contributed by atoms with Crippen LogP contribution < -0.4 is 14.2 Å². The zero-order valence-corrected chi connectivity index (χ0v) is 15.5. The lowest BCUT2D eigenvalue weighted by molar-refractivity contribution is -0.00532. The van der Waals surface area contributed by atoms with Crippen LogP contribution in [0.5, 0.6) is 17.2 Å². The number of nitrogens with zero attached hydrogens (tertiary/aromatic N) is 2. The molecule has 0 saturated carbocycles. The largest absolute Gasteiger partial charge is 0.496 e. The third-order valence-electron chi connectivity index (χ3n) is 4.90. The topological polar surface area (TPSA) is 77.5 Å². The van der Waals surface area contributed by atoms with E-state index in [1.165, 1.54) is 21.3 Å². The molecule has 1 atom stereocenters. The lowest BCUT2D eigenvalue weighted by Gasteiger charge is -2.38. The Labute approximate surface area is 152 Å². The van der Waals surface area contributed by atoms with Gasteiger partial charge in [0.1, 0.15) is 11.4 Å². The van der Waals surface area contributed by atoms with E-state index in [4.69, 9.17) is 18.9 Å². The van der Waals surface area contributed by atoms with Crippen molar-refractivity contribution < 1.29 is 28.5 Å². The van der Waals surface area contributed by atoms with Crippen molar-refractivity contribution in [3.05, 3.63) is 17.7 Å². The third kappa shape index (κ3) is 3.11. The fourth-order valence-corrected chi connectivity index (χ4v) is 3.64. The lowest BCUT2D eigenvalue weighted by atomic mass is 9.92. The molecule has 2 saturated heterocycles. The van der Waals surface area contributed by atoms with E-state index < -0.39 is 5.60 Å². The molecular weight excluding hydrogens is 340 g/mol. The molecule has 2 amide bonds. The maximum Gasteiger partial charge on any atom is 0.410 e. The van der Waals surface area contributed by atoms with Crippen molar-refractivity contribution in [2.45, 2.75) is 18.4 Å². The Morgan fingerprint density at radius 3 is 2.31 bits per heavy atom. The number of amides is 2. The molecule has 2 aliphatic rings. The molecule has 1 spiro atoms. The molecule has 2 fully saturated rings. The second-order valence-corrected chi connectivity index (χ2v) is 6.64. The van der Waals surface area contributed by atoms with E-state index in [1.807, 2.05) is 0 Å². The number of methoxy groups -OCH3 is 3. The second kappa shape index (κ2) is 6.93. The first-order chi connectivity index (χ1) is 12.4. The number of ether oxygens (including phenoxy) is 4. The van der Waals surface area contributed by atoms with Gasteiger partial charge in [0.05, 0.1) is 40.0 Å². The fraction of sp³-hybridized carbons (Fsp3) is 0.556. The molecule has 3 rings (SSSR count). The van der Waals surface area contributed by atoms with Gasteiger partial charge in [-0.3, -0.25) is 4.79 Å². The lowest BCUT2D eigenvalue weighted by Crippen LogP contribution is -2.52. The van der Waals surface area contributed by atoms with Crippen LogP contribution in [0.15, 0.2) is 12.1 Å². The maximum absolute atomic E-state index is 13.1. The molecule has 2 heterocycles. The number of carbonyl (C=O) groups is 2. The van der Waals surface area contributed by atoms with E-state index in [9.17, 15) is 9.59 Å². The smallest absolute Gasteiger partial charge is 0.410 e. The predicted octanol–water partition coefficient (Wildman–Crippen LogP) is 1.77. The first-order valence-corrected chi connectivity index (χ1v) is 8.46. The molecule has 0 bridgehead atoms. The standard InChI is InChI=1S/C18H24N2O6/c1-19-10-18(26-17(19)22)6-5-7-20(11-18)16(21)12-8-14(24-3)15(25-4)9-13(12)23-2/h8-9H,5-7,10-11H2,1-4H3/t18-/m0/s1. The van der Waals surface area contributed by atoms with Gasteiger partial charge in [0.2, 0.25) is 0 Å². The number of benzene rings is 1. The van der Waals surface area contributed by atoms with Crippen molar-refractivity contribution in [2.24, 2.45) is 0 Å². The van der Waals surface area contributed by atoms with Crippen LogP contribution in [-0.2, 0) is 4.74 Å². The molecule has 0 aliphatic carbocycles. The molecule has 142 valence electrons. The van der Waals surface area contributed by atoms with Gasteiger partial charge in [-0.25, -0.2) is 4.79 Å². The zero-order chi connectivity index (χ0) is 18.9. The maximum atomic E-state index is 13.1. The van der Waals surface area contributed by atoms with Crippen LogP contribution in [0.25, 0.3) is 0 Å². The first-order valence-electron chi connectivity index (χ1n) is 8.46. The summed E-state index contributed by atoms with van der Waals surface area (Å²) in [6.07, 6.45) is 1.17. The average molecular weight is 364 g/mol. The summed E-state index contributed by atoms with van der Waals surface area (Å²) in [5.74, 6) is 1.16. The quantitative estimate of drug-likeness (QED) is 0.810. The highest BCUT2D eigenvalue weighted by Gasteiger charge is 2.47. The highest BCUT2D eigenvalue weighted by atomic mass is 16.6. The van der Waals surface area contributed by atoms with Crippen LogP contribution in [0.4, 0.5) is 4.79 Å². The summed E-state index contributed by atoms with van der Waals surface area (Å²) >= 11 is 0. The Morgan fingerprint density at radius 2 is 1.73 bits per heavy atom. The van der Waals surface area contributed by atoms with Crippen LogP contribution in [0.1, 0.15) is 23.2 Å². The molecule has 0 N–H and O–H groups in total. The van der Waals surface area contributed by atoms with Crippen molar-refractivity contribution in [1.82, 2.24) is 9.80 Å². The number of likely N-dealkylation sites (N-methyl/N-ethyl adjacent to an activating group) is 1. The van der Waals surface area contributed by atoms with E-state index in [0.717, 1.165) is 12.8 Å². The zero-order valence-electron chi connectivity index (χ0n) is 15.5. The summed E-state index contributed by atoms with van der Waals surface area (Å²) in [5, 5.41) is 0. The summed E-state index contributed by atoms with van der Waals surface area (Å²) in [5.41, 5.74) is -0.247. The van der Waals surface area contributed by atoms with Crippen LogP contribution >= 0.6 is 0 Å². The number of piperidine rings is 1.